The molecule has 1 unspecified atom stereocenters. The second kappa shape index (κ2) is 6.90. The van der Waals surface area contributed by atoms with Gasteiger partial charge in [-0.25, -0.2) is 9.07 Å². The van der Waals surface area contributed by atoms with Gasteiger partial charge >= 0.3 is 0 Å². The van der Waals surface area contributed by atoms with E-state index in [0.717, 1.165) is 25.7 Å². The van der Waals surface area contributed by atoms with Crippen molar-refractivity contribution in [2.75, 3.05) is 11.9 Å². The third-order valence-electron chi connectivity index (χ3n) is 5.23. The summed E-state index contributed by atoms with van der Waals surface area (Å²) in [4.78, 5) is 26.6. The van der Waals surface area contributed by atoms with Crippen LogP contribution in [0.25, 0.3) is 5.69 Å². The lowest BCUT2D eigenvalue weighted by atomic mass is 10.1. The van der Waals surface area contributed by atoms with E-state index in [1.54, 1.807) is 30.5 Å². The fraction of sp³-hybridized carbons (Fsp3) is 0.421. The van der Waals surface area contributed by atoms with Gasteiger partial charge in [-0.05, 0) is 25.0 Å². The number of nitrogens with zero attached hydrogens (tertiary/aromatic N) is 3. The second-order valence-corrected chi connectivity index (χ2v) is 6.97. The first kappa shape index (κ1) is 16.8. The molecule has 1 aliphatic carbocycles. The highest BCUT2D eigenvalue weighted by molar-refractivity contribution is 5.96. The van der Waals surface area contributed by atoms with Crippen molar-refractivity contribution >= 4 is 17.6 Å². The molecule has 1 atom stereocenters. The molecule has 6 nitrogen and oxygen atoms in total. The van der Waals surface area contributed by atoms with E-state index >= 15 is 0 Å². The summed E-state index contributed by atoms with van der Waals surface area (Å²) in [5.41, 5.74) is 0.316. The van der Waals surface area contributed by atoms with Crippen LogP contribution in [0, 0.1) is 11.7 Å². The van der Waals surface area contributed by atoms with Gasteiger partial charge < -0.3 is 10.2 Å². The van der Waals surface area contributed by atoms with Gasteiger partial charge in [0.2, 0.25) is 11.8 Å². The Morgan fingerprint density at radius 1 is 1.19 bits per heavy atom. The van der Waals surface area contributed by atoms with Crippen molar-refractivity contribution in [1.29, 1.82) is 0 Å². The number of amides is 2. The Morgan fingerprint density at radius 2 is 1.96 bits per heavy atom. The third-order valence-corrected chi connectivity index (χ3v) is 5.23. The predicted molar refractivity (Wildman–Crippen MR) is 94.2 cm³/mol. The summed E-state index contributed by atoms with van der Waals surface area (Å²) in [5.74, 6) is -0.541. The van der Waals surface area contributed by atoms with Crippen LogP contribution in [0.3, 0.4) is 0 Å². The molecule has 1 aliphatic heterocycles. The Balaban J connectivity index is 1.41. The topological polar surface area (TPSA) is 67.2 Å². The maximum Gasteiger partial charge on any atom is 0.230 e. The molecule has 0 spiro atoms. The standard InChI is InChI=1S/C19H21FN4O2/c20-15-7-3-4-8-16(15)24-10-9-17(22-24)21-19(26)13-11-18(25)23(12-13)14-5-1-2-6-14/h3-4,7-10,13-14H,1-2,5-6,11-12H2,(H,21,22,26). The van der Waals surface area contributed by atoms with Crippen LogP contribution in [0.2, 0.25) is 0 Å². The molecule has 0 radical (unpaired) electrons. The van der Waals surface area contributed by atoms with Gasteiger partial charge in [0.1, 0.15) is 11.5 Å². The lowest BCUT2D eigenvalue weighted by Crippen LogP contribution is -2.35. The first-order valence-electron chi connectivity index (χ1n) is 9.03. The van der Waals surface area contributed by atoms with Crippen LogP contribution in [-0.4, -0.2) is 39.1 Å². The molecule has 2 aliphatic rings. The van der Waals surface area contributed by atoms with E-state index < -0.39 is 0 Å². The number of likely N-dealkylation sites (tertiary alicyclic amines) is 1. The van der Waals surface area contributed by atoms with E-state index in [4.69, 9.17) is 0 Å². The Hall–Kier alpha value is -2.70. The fourth-order valence-electron chi connectivity index (χ4n) is 3.87. The predicted octanol–water partition coefficient (Wildman–Crippen LogP) is 2.74. The molecule has 1 saturated heterocycles. The van der Waals surface area contributed by atoms with Crippen LogP contribution in [-0.2, 0) is 9.59 Å². The number of hydrogen-bond acceptors (Lipinski definition) is 3. The monoisotopic (exact) mass is 356 g/mol. The quantitative estimate of drug-likeness (QED) is 0.916. The molecule has 7 heteroatoms. The minimum Gasteiger partial charge on any atom is -0.339 e. The summed E-state index contributed by atoms with van der Waals surface area (Å²) in [5, 5.41) is 6.97. The zero-order chi connectivity index (χ0) is 18.1. The Labute approximate surface area is 151 Å². The average molecular weight is 356 g/mol. The van der Waals surface area contributed by atoms with E-state index in [0.29, 0.717) is 24.1 Å². The second-order valence-electron chi connectivity index (χ2n) is 6.97. The molecular weight excluding hydrogens is 335 g/mol. The van der Waals surface area contributed by atoms with Crippen LogP contribution in [0.4, 0.5) is 10.2 Å². The summed E-state index contributed by atoms with van der Waals surface area (Å²) < 4.78 is 15.2. The highest BCUT2D eigenvalue weighted by Crippen LogP contribution is 2.30. The van der Waals surface area contributed by atoms with Crippen molar-refractivity contribution < 1.29 is 14.0 Å². The van der Waals surface area contributed by atoms with Crippen molar-refractivity contribution in [2.24, 2.45) is 5.92 Å². The molecule has 2 heterocycles. The van der Waals surface area contributed by atoms with Gasteiger partial charge in [0.05, 0.1) is 5.92 Å². The van der Waals surface area contributed by atoms with E-state index in [-0.39, 0.29) is 30.0 Å². The van der Waals surface area contributed by atoms with Crippen LogP contribution in [0.15, 0.2) is 36.5 Å². The van der Waals surface area contributed by atoms with Crippen LogP contribution in [0.5, 0.6) is 0 Å². The summed E-state index contributed by atoms with van der Waals surface area (Å²) in [7, 11) is 0. The van der Waals surface area contributed by atoms with Crippen molar-refractivity contribution in [1.82, 2.24) is 14.7 Å². The van der Waals surface area contributed by atoms with Crippen molar-refractivity contribution in [2.45, 2.75) is 38.1 Å². The molecule has 2 aromatic rings. The first-order valence-corrected chi connectivity index (χ1v) is 9.03. The molecule has 1 saturated carbocycles. The molecule has 0 bridgehead atoms. The first-order chi connectivity index (χ1) is 12.6. The number of hydrogen-bond donors (Lipinski definition) is 1. The summed E-state index contributed by atoms with van der Waals surface area (Å²) in [6.45, 7) is 0.476. The number of para-hydroxylation sites is 1. The normalized spacial score (nSPS) is 20.7. The minimum absolute atomic E-state index is 0.0638. The average Bonchev–Trinajstić information content (AvgIpc) is 3.35. The van der Waals surface area contributed by atoms with Crippen LogP contribution < -0.4 is 5.32 Å². The van der Waals surface area contributed by atoms with Gasteiger partial charge in [-0.15, -0.1) is 5.10 Å². The zero-order valence-corrected chi connectivity index (χ0v) is 14.4. The third kappa shape index (κ3) is 3.21. The van der Waals surface area contributed by atoms with Gasteiger partial charge in [0.25, 0.3) is 0 Å². The summed E-state index contributed by atoms with van der Waals surface area (Å²) >= 11 is 0. The van der Waals surface area contributed by atoms with E-state index in [9.17, 15) is 14.0 Å². The number of anilines is 1. The summed E-state index contributed by atoms with van der Waals surface area (Å²) in [6.07, 6.45) is 6.22. The SMILES string of the molecule is O=C(Nc1ccn(-c2ccccc2F)n1)C1CC(=O)N(C2CCCC2)C1. The Bertz CT molecular complexity index is 828. The Kier molecular flexibility index (Phi) is 4.44. The maximum atomic E-state index is 13.8. The zero-order valence-electron chi connectivity index (χ0n) is 14.4. The molecule has 1 aromatic heterocycles. The van der Waals surface area contributed by atoms with Gasteiger partial charge in [0, 0.05) is 31.3 Å². The minimum atomic E-state index is -0.387. The van der Waals surface area contributed by atoms with E-state index in [2.05, 4.69) is 10.4 Å². The maximum absolute atomic E-state index is 13.8. The van der Waals surface area contributed by atoms with E-state index in [1.807, 2.05) is 4.90 Å². The smallest absolute Gasteiger partial charge is 0.230 e. The molecule has 136 valence electrons. The lowest BCUT2D eigenvalue weighted by molar-refractivity contribution is -0.129. The number of nitrogens with one attached hydrogen (secondary N) is 1. The van der Waals surface area contributed by atoms with Crippen molar-refractivity contribution in [3.8, 4) is 5.69 Å². The fourth-order valence-corrected chi connectivity index (χ4v) is 3.87. The molecule has 1 N–H and O–H groups in total. The highest BCUT2D eigenvalue weighted by Gasteiger charge is 2.38. The number of aromatic nitrogens is 2. The highest BCUT2D eigenvalue weighted by atomic mass is 19.1. The van der Waals surface area contributed by atoms with Crippen LogP contribution >= 0.6 is 0 Å². The molecular formula is C19H21FN4O2. The number of carbonyl (C=O) groups is 2. The molecule has 2 amide bonds. The van der Waals surface area contributed by atoms with Gasteiger partial charge in [-0.1, -0.05) is 25.0 Å². The van der Waals surface area contributed by atoms with Crippen molar-refractivity contribution in [3.63, 3.8) is 0 Å². The molecule has 1 aromatic carbocycles. The molecule has 26 heavy (non-hydrogen) atoms. The van der Waals surface area contributed by atoms with E-state index in [1.165, 1.54) is 10.7 Å². The van der Waals surface area contributed by atoms with Gasteiger partial charge in [-0.3, -0.25) is 9.59 Å². The number of carbonyl (C=O) groups excluding carboxylic acids is 2. The summed E-state index contributed by atoms with van der Waals surface area (Å²) in [6, 6.07) is 8.22. The van der Waals surface area contributed by atoms with Gasteiger partial charge in [-0.2, -0.15) is 0 Å². The van der Waals surface area contributed by atoms with Gasteiger partial charge in [0.15, 0.2) is 5.82 Å². The lowest BCUT2D eigenvalue weighted by Gasteiger charge is -2.23. The van der Waals surface area contributed by atoms with Crippen molar-refractivity contribution in [3.05, 3.63) is 42.3 Å². The number of benzene rings is 1. The number of halogens is 1. The number of rotatable bonds is 4. The largest absolute Gasteiger partial charge is 0.339 e. The molecule has 2 fully saturated rings. The molecule has 4 rings (SSSR count). The van der Waals surface area contributed by atoms with Crippen LogP contribution in [0.1, 0.15) is 32.1 Å². The Morgan fingerprint density at radius 3 is 2.73 bits per heavy atom.